The van der Waals surface area contributed by atoms with E-state index in [0.717, 1.165) is 0 Å². The number of aromatic nitrogens is 2. The molecule has 1 unspecified atom stereocenters. The average Bonchev–Trinajstić information content (AvgIpc) is 2.61. The molecule has 1 aromatic rings. The Labute approximate surface area is 66.2 Å². The second-order valence-corrected chi connectivity index (χ2v) is 3.34. The van der Waals surface area contributed by atoms with Crippen LogP contribution in [0.3, 0.4) is 0 Å². The minimum atomic E-state index is 0.156. The molecule has 60 valence electrons. The van der Waals surface area contributed by atoms with Crippen molar-refractivity contribution in [3.63, 3.8) is 0 Å². The molecule has 1 atom stereocenters. The van der Waals surface area contributed by atoms with Crippen molar-refractivity contribution in [1.82, 2.24) is 9.78 Å². The first kappa shape index (κ1) is 6.85. The molecule has 0 bridgehead atoms. The lowest BCUT2D eigenvalue weighted by Gasteiger charge is -2.19. The summed E-state index contributed by atoms with van der Waals surface area (Å²) in [5.41, 5.74) is 6.02. The summed E-state index contributed by atoms with van der Waals surface area (Å²) in [4.78, 5) is 0. The van der Waals surface area contributed by atoms with Gasteiger partial charge >= 0.3 is 0 Å². The van der Waals surface area contributed by atoms with Crippen molar-refractivity contribution < 1.29 is 0 Å². The lowest BCUT2D eigenvalue weighted by molar-refractivity contribution is 0.369. The summed E-state index contributed by atoms with van der Waals surface area (Å²) in [5.74, 6) is 0. The Morgan fingerprint density at radius 3 is 2.73 bits per heavy atom. The van der Waals surface area contributed by atoms with Gasteiger partial charge in [-0.3, -0.25) is 4.68 Å². The molecule has 2 rings (SSSR count). The van der Waals surface area contributed by atoms with Gasteiger partial charge in [-0.15, -0.1) is 0 Å². The van der Waals surface area contributed by atoms with Crippen LogP contribution in [0, 0.1) is 0 Å². The molecule has 1 saturated carbocycles. The van der Waals surface area contributed by atoms with Crippen molar-refractivity contribution in [2.24, 2.45) is 5.73 Å². The molecule has 0 radical (unpaired) electrons. The molecule has 0 amide bonds. The second kappa shape index (κ2) is 2.08. The van der Waals surface area contributed by atoms with Crippen LogP contribution in [-0.2, 0) is 5.54 Å². The Morgan fingerprint density at radius 1 is 1.64 bits per heavy atom. The smallest absolute Gasteiger partial charge is 0.0776 e. The molecule has 0 aromatic carbocycles. The molecule has 1 fully saturated rings. The van der Waals surface area contributed by atoms with Crippen LogP contribution in [0.4, 0.5) is 0 Å². The van der Waals surface area contributed by atoms with E-state index in [1.807, 2.05) is 23.1 Å². The zero-order valence-corrected chi connectivity index (χ0v) is 6.70. The van der Waals surface area contributed by atoms with Gasteiger partial charge in [0.1, 0.15) is 0 Å². The minimum Gasteiger partial charge on any atom is -0.326 e. The number of hydrogen-bond acceptors (Lipinski definition) is 2. The molecule has 2 N–H and O–H groups in total. The molecular formula is C8H13N3. The Hall–Kier alpha value is -0.830. The maximum atomic E-state index is 5.86. The molecule has 3 heteroatoms. The van der Waals surface area contributed by atoms with Crippen LogP contribution in [0.1, 0.15) is 19.8 Å². The molecule has 3 nitrogen and oxygen atoms in total. The molecular weight excluding hydrogens is 138 g/mol. The monoisotopic (exact) mass is 151 g/mol. The van der Waals surface area contributed by atoms with Crippen LogP contribution >= 0.6 is 0 Å². The predicted molar refractivity (Wildman–Crippen MR) is 43.1 cm³/mol. The highest BCUT2D eigenvalue weighted by atomic mass is 15.3. The van der Waals surface area contributed by atoms with E-state index in [0.29, 0.717) is 0 Å². The topological polar surface area (TPSA) is 43.8 Å². The average molecular weight is 151 g/mol. The highest BCUT2D eigenvalue weighted by Crippen LogP contribution is 2.44. The Bertz CT molecular complexity index is 234. The van der Waals surface area contributed by atoms with Crippen LogP contribution in [-0.4, -0.2) is 15.8 Å². The fourth-order valence-corrected chi connectivity index (χ4v) is 1.55. The van der Waals surface area contributed by atoms with Gasteiger partial charge in [0.2, 0.25) is 0 Å². The largest absolute Gasteiger partial charge is 0.326 e. The summed E-state index contributed by atoms with van der Waals surface area (Å²) in [6.45, 7) is 2.05. The summed E-state index contributed by atoms with van der Waals surface area (Å²) >= 11 is 0. The van der Waals surface area contributed by atoms with Crippen LogP contribution in [0.25, 0.3) is 0 Å². The summed E-state index contributed by atoms with van der Waals surface area (Å²) in [6.07, 6.45) is 6.15. The van der Waals surface area contributed by atoms with Crippen LogP contribution in [0.5, 0.6) is 0 Å². The number of nitrogens with two attached hydrogens (primary N) is 1. The van der Waals surface area contributed by atoms with Gasteiger partial charge in [-0.2, -0.15) is 5.10 Å². The van der Waals surface area contributed by atoms with Gasteiger partial charge < -0.3 is 5.73 Å². The van der Waals surface area contributed by atoms with Gasteiger partial charge in [0.25, 0.3) is 0 Å². The lowest BCUT2D eigenvalue weighted by Crippen LogP contribution is -2.36. The first-order valence-corrected chi connectivity index (χ1v) is 4.01. The summed E-state index contributed by atoms with van der Waals surface area (Å²) in [5, 5.41) is 4.21. The van der Waals surface area contributed by atoms with Crippen molar-refractivity contribution in [2.75, 3.05) is 0 Å². The van der Waals surface area contributed by atoms with Crippen LogP contribution in [0.15, 0.2) is 18.5 Å². The van der Waals surface area contributed by atoms with Gasteiger partial charge in [-0.1, -0.05) is 0 Å². The van der Waals surface area contributed by atoms with Gasteiger partial charge in [0.15, 0.2) is 0 Å². The first-order chi connectivity index (χ1) is 5.26. The maximum absolute atomic E-state index is 5.86. The van der Waals surface area contributed by atoms with Crippen molar-refractivity contribution in [1.29, 1.82) is 0 Å². The third-order valence-corrected chi connectivity index (χ3v) is 2.57. The number of rotatable bonds is 2. The normalized spacial score (nSPS) is 23.1. The molecule has 11 heavy (non-hydrogen) atoms. The van der Waals surface area contributed by atoms with E-state index in [1.165, 1.54) is 12.8 Å². The second-order valence-electron chi connectivity index (χ2n) is 3.34. The Kier molecular flexibility index (Phi) is 1.29. The Balaban J connectivity index is 2.29. The van der Waals surface area contributed by atoms with E-state index in [-0.39, 0.29) is 11.6 Å². The van der Waals surface area contributed by atoms with Crippen molar-refractivity contribution in [3.05, 3.63) is 18.5 Å². The highest BCUT2D eigenvalue weighted by molar-refractivity contribution is 5.05. The van der Waals surface area contributed by atoms with Crippen molar-refractivity contribution in [2.45, 2.75) is 31.3 Å². The minimum absolute atomic E-state index is 0.156. The molecule has 1 aliphatic carbocycles. The molecule has 0 aliphatic heterocycles. The summed E-state index contributed by atoms with van der Waals surface area (Å²) < 4.78 is 2.00. The lowest BCUT2D eigenvalue weighted by atomic mass is 10.1. The van der Waals surface area contributed by atoms with Crippen LogP contribution < -0.4 is 5.73 Å². The fraction of sp³-hybridized carbons (Fsp3) is 0.625. The van der Waals surface area contributed by atoms with E-state index < -0.39 is 0 Å². The third kappa shape index (κ3) is 0.878. The zero-order chi connectivity index (χ0) is 7.90. The van der Waals surface area contributed by atoms with Crippen molar-refractivity contribution >= 4 is 0 Å². The predicted octanol–water partition coefficient (Wildman–Crippen LogP) is 0.719. The summed E-state index contributed by atoms with van der Waals surface area (Å²) in [6, 6.07) is 2.16. The standard InChI is InChI=1S/C8H13N3/c1-7(9)8(3-4-8)11-6-2-5-10-11/h2,5-7H,3-4,9H2,1H3. The molecule has 1 heterocycles. The van der Waals surface area contributed by atoms with E-state index >= 15 is 0 Å². The molecule has 0 spiro atoms. The Morgan fingerprint density at radius 2 is 2.36 bits per heavy atom. The molecule has 1 aromatic heterocycles. The van der Waals surface area contributed by atoms with Gasteiger partial charge in [0, 0.05) is 18.4 Å². The van der Waals surface area contributed by atoms with E-state index in [4.69, 9.17) is 5.73 Å². The maximum Gasteiger partial charge on any atom is 0.0776 e. The third-order valence-electron chi connectivity index (χ3n) is 2.57. The fourth-order valence-electron chi connectivity index (χ4n) is 1.55. The highest BCUT2D eigenvalue weighted by Gasteiger charge is 2.48. The molecule has 1 aliphatic rings. The number of hydrogen-bond donors (Lipinski definition) is 1. The van der Waals surface area contributed by atoms with Crippen LogP contribution in [0.2, 0.25) is 0 Å². The zero-order valence-electron chi connectivity index (χ0n) is 6.70. The van der Waals surface area contributed by atoms with Gasteiger partial charge in [-0.25, -0.2) is 0 Å². The van der Waals surface area contributed by atoms with Gasteiger partial charge in [0.05, 0.1) is 5.54 Å². The van der Waals surface area contributed by atoms with E-state index in [9.17, 15) is 0 Å². The van der Waals surface area contributed by atoms with Gasteiger partial charge in [-0.05, 0) is 25.8 Å². The molecule has 0 saturated heterocycles. The summed E-state index contributed by atoms with van der Waals surface area (Å²) in [7, 11) is 0. The number of nitrogens with zero attached hydrogens (tertiary/aromatic N) is 2. The first-order valence-electron chi connectivity index (χ1n) is 4.01. The SMILES string of the molecule is CC(N)C1(n2cccn2)CC1. The van der Waals surface area contributed by atoms with E-state index in [1.54, 1.807) is 0 Å². The van der Waals surface area contributed by atoms with E-state index in [2.05, 4.69) is 12.0 Å². The van der Waals surface area contributed by atoms with Crippen molar-refractivity contribution in [3.8, 4) is 0 Å². The quantitative estimate of drug-likeness (QED) is 0.676.